The molecule has 1 aromatic carbocycles. The zero-order valence-corrected chi connectivity index (χ0v) is 14.7. The number of amides is 2. The molecule has 0 aliphatic carbocycles. The second-order valence-corrected chi connectivity index (χ2v) is 6.39. The Morgan fingerprint density at radius 3 is 2.42 bits per heavy atom. The van der Waals surface area contributed by atoms with Crippen LogP contribution in [0.4, 0.5) is 0 Å². The van der Waals surface area contributed by atoms with Gasteiger partial charge in [0.1, 0.15) is 5.56 Å². The number of carbonyl (C=O) groups excluding carboxylic acids is 2. The Labute approximate surface area is 151 Å². The number of carbonyl (C=O) groups is 2. The summed E-state index contributed by atoms with van der Waals surface area (Å²) in [5, 5.41) is 2.71. The van der Waals surface area contributed by atoms with Crippen LogP contribution in [0.15, 0.2) is 47.4 Å². The van der Waals surface area contributed by atoms with Crippen molar-refractivity contribution < 1.29 is 9.59 Å². The quantitative estimate of drug-likeness (QED) is 0.846. The van der Waals surface area contributed by atoms with Gasteiger partial charge in [0.05, 0.1) is 0 Å². The maximum Gasteiger partial charge on any atom is 0.260 e. The van der Waals surface area contributed by atoms with Gasteiger partial charge in [-0.3, -0.25) is 14.4 Å². The summed E-state index contributed by atoms with van der Waals surface area (Å²) in [5.74, 6) is -0.394. The van der Waals surface area contributed by atoms with E-state index in [1.54, 1.807) is 18.2 Å². The third-order valence-electron chi connectivity index (χ3n) is 4.51. The van der Waals surface area contributed by atoms with E-state index >= 15 is 0 Å². The fourth-order valence-corrected chi connectivity index (χ4v) is 2.84. The number of H-pyrrole nitrogens is 1. The van der Waals surface area contributed by atoms with Gasteiger partial charge in [-0.2, -0.15) is 0 Å². The Bertz CT molecular complexity index is 836. The topological polar surface area (TPSA) is 85.5 Å². The second kappa shape index (κ2) is 7.97. The van der Waals surface area contributed by atoms with Gasteiger partial charge in [0.15, 0.2) is 0 Å². The number of hydrogen-bond donors (Lipinski definition) is 2. The van der Waals surface area contributed by atoms with Crippen LogP contribution in [-0.4, -0.2) is 59.8 Å². The lowest BCUT2D eigenvalue weighted by molar-refractivity contribution is 0.0664. The molecule has 1 saturated heterocycles. The van der Waals surface area contributed by atoms with Crippen LogP contribution in [0.1, 0.15) is 26.3 Å². The molecule has 1 aromatic heterocycles. The lowest BCUT2D eigenvalue weighted by atomic mass is 10.1. The maximum absolute atomic E-state index is 12.5. The minimum absolute atomic E-state index is 0.0319. The van der Waals surface area contributed by atoms with Gasteiger partial charge in [-0.15, -0.1) is 0 Å². The number of rotatable bonds is 4. The molecule has 0 unspecified atom stereocenters. The molecule has 0 atom stereocenters. The van der Waals surface area contributed by atoms with Gasteiger partial charge in [0, 0.05) is 44.5 Å². The smallest absolute Gasteiger partial charge is 0.260 e. The SMILES string of the molecule is CN1CCN(C(=O)c2ccc(CNC(=O)c3ccc[nH]c3=O)cc2)CC1. The van der Waals surface area contributed by atoms with Crippen molar-refractivity contribution in [1.29, 1.82) is 0 Å². The van der Waals surface area contributed by atoms with Crippen molar-refractivity contribution >= 4 is 11.8 Å². The highest BCUT2D eigenvalue weighted by Crippen LogP contribution is 2.10. The van der Waals surface area contributed by atoms with E-state index in [0.29, 0.717) is 5.56 Å². The van der Waals surface area contributed by atoms with Gasteiger partial charge in [0.2, 0.25) is 0 Å². The summed E-state index contributed by atoms with van der Waals surface area (Å²) in [6.45, 7) is 3.52. The first-order valence-electron chi connectivity index (χ1n) is 8.57. The maximum atomic E-state index is 12.5. The van der Waals surface area contributed by atoms with Crippen molar-refractivity contribution in [3.63, 3.8) is 0 Å². The predicted molar refractivity (Wildman–Crippen MR) is 98.1 cm³/mol. The Hall–Kier alpha value is -2.93. The van der Waals surface area contributed by atoms with E-state index in [1.165, 1.54) is 12.3 Å². The number of pyridine rings is 1. The predicted octanol–water partition coefficient (Wildman–Crippen LogP) is 0.692. The third kappa shape index (κ3) is 4.18. The Kier molecular flexibility index (Phi) is 5.48. The highest BCUT2D eigenvalue weighted by molar-refractivity contribution is 5.94. The number of hydrogen-bond acceptors (Lipinski definition) is 4. The third-order valence-corrected chi connectivity index (χ3v) is 4.51. The number of nitrogens with one attached hydrogen (secondary N) is 2. The van der Waals surface area contributed by atoms with Crippen molar-refractivity contribution in [2.45, 2.75) is 6.54 Å². The van der Waals surface area contributed by atoms with Gasteiger partial charge in [-0.05, 0) is 36.9 Å². The number of aromatic nitrogens is 1. The zero-order chi connectivity index (χ0) is 18.5. The van der Waals surface area contributed by atoms with Crippen molar-refractivity contribution in [2.24, 2.45) is 0 Å². The van der Waals surface area contributed by atoms with Gasteiger partial charge in [-0.1, -0.05) is 12.1 Å². The molecule has 1 aliphatic rings. The van der Waals surface area contributed by atoms with Crippen LogP contribution in [0, 0.1) is 0 Å². The van der Waals surface area contributed by atoms with Crippen LogP contribution in [0.3, 0.4) is 0 Å². The summed E-state index contributed by atoms with van der Waals surface area (Å²) in [6.07, 6.45) is 1.48. The van der Waals surface area contributed by atoms with Gasteiger partial charge >= 0.3 is 0 Å². The first-order chi connectivity index (χ1) is 12.5. The normalized spacial score (nSPS) is 14.9. The van der Waals surface area contributed by atoms with E-state index in [1.807, 2.05) is 24.1 Å². The number of aromatic amines is 1. The van der Waals surface area contributed by atoms with Gasteiger partial charge in [-0.25, -0.2) is 0 Å². The van der Waals surface area contributed by atoms with E-state index in [4.69, 9.17) is 0 Å². The first kappa shape index (κ1) is 17.9. The van der Waals surface area contributed by atoms with Gasteiger partial charge in [0.25, 0.3) is 17.4 Å². The molecule has 2 N–H and O–H groups in total. The van der Waals surface area contributed by atoms with E-state index in [-0.39, 0.29) is 18.0 Å². The molecule has 1 aliphatic heterocycles. The van der Waals surface area contributed by atoms with Crippen molar-refractivity contribution in [3.05, 3.63) is 69.6 Å². The summed E-state index contributed by atoms with van der Waals surface area (Å²) in [4.78, 5) is 42.7. The minimum atomic E-state index is -0.426. The van der Waals surface area contributed by atoms with Crippen LogP contribution in [-0.2, 0) is 6.54 Å². The molecule has 0 bridgehead atoms. The molecular weight excluding hydrogens is 332 g/mol. The molecule has 1 fully saturated rings. The highest BCUT2D eigenvalue weighted by atomic mass is 16.2. The zero-order valence-electron chi connectivity index (χ0n) is 14.7. The van der Waals surface area contributed by atoms with Crippen molar-refractivity contribution in [1.82, 2.24) is 20.1 Å². The van der Waals surface area contributed by atoms with Crippen LogP contribution in [0.25, 0.3) is 0 Å². The Morgan fingerprint density at radius 2 is 1.77 bits per heavy atom. The average Bonchev–Trinajstić information content (AvgIpc) is 2.67. The largest absolute Gasteiger partial charge is 0.348 e. The van der Waals surface area contributed by atoms with Crippen molar-refractivity contribution in [3.8, 4) is 0 Å². The molecule has 2 amide bonds. The van der Waals surface area contributed by atoms with Crippen molar-refractivity contribution in [2.75, 3.05) is 33.2 Å². The molecule has 26 heavy (non-hydrogen) atoms. The molecule has 2 aromatic rings. The molecule has 2 heterocycles. The molecule has 3 rings (SSSR count). The van der Waals surface area contributed by atoms with E-state index in [0.717, 1.165) is 31.7 Å². The molecule has 7 heteroatoms. The standard InChI is InChI=1S/C19H22N4O3/c1-22-9-11-23(12-10-22)19(26)15-6-4-14(5-7-15)13-21-18(25)16-3-2-8-20-17(16)24/h2-8H,9-13H2,1H3,(H,20,24)(H,21,25). The summed E-state index contributed by atoms with van der Waals surface area (Å²) < 4.78 is 0. The number of benzene rings is 1. The van der Waals surface area contributed by atoms with E-state index in [9.17, 15) is 14.4 Å². The van der Waals surface area contributed by atoms with E-state index in [2.05, 4.69) is 15.2 Å². The van der Waals surface area contributed by atoms with Crippen LogP contribution in [0.2, 0.25) is 0 Å². The number of nitrogens with zero attached hydrogens (tertiary/aromatic N) is 2. The Morgan fingerprint density at radius 1 is 1.08 bits per heavy atom. The molecule has 136 valence electrons. The lowest BCUT2D eigenvalue weighted by Gasteiger charge is -2.32. The Balaban J connectivity index is 1.58. The summed E-state index contributed by atoms with van der Waals surface area (Å²) >= 11 is 0. The minimum Gasteiger partial charge on any atom is -0.348 e. The molecular formula is C19H22N4O3. The summed E-state index contributed by atoms with van der Waals surface area (Å²) in [7, 11) is 2.05. The molecule has 0 radical (unpaired) electrons. The van der Waals surface area contributed by atoms with Gasteiger partial charge < -0.3 is 20.1 Å². The fraction of sp³-hybridized carbons (Fsp3) is 0.316. The average molecular weight is 354 g/mol. The highest BCUT2D eigenvalue weighted by Gasteiger charge is 2.20. The first-order valence-corrected chi connectivity index (χ1v) is 8.57. The number of piperazine rings is 1. The monoisotopic (exact) mass is 354 g/mol. The summed E-state index contributed by atoms with van der Waals surface area (Å²) in [5.41, 5.74) is 1.16. The van der Waals surface area contributed by atoms with Crippen LogP contribution in [0.5, 0.6) is 0 Å². The van der Waals surface area contributed by atoms with Crippen LogP contribution >= 0.6 is 0 Å². The van der Waals surface area contributed by atoms with E-state index < -0.39 is 11.5 Å². The molecule has 0 saturated carbocycles. The fourth-order valence-electron chi connectivity index (χ4n) is 2.84. The lowest BCUT2D eigenvalue weighted by Crippen LogP contribution is -2.47. The van der Waals surface area contributed by atoms with Crippen LogP contribution < -0.4 is 10.9 Å². The number of likely N-dealkylation sites (N-methyl/N-ethyl adjacent to an activating group) is 1. The molecule has 0 spiro atoms. The molecule has 7 nitrogen and oxygen atoms in total. The second-order valence-electron chi connectivity index (χ2n) is 6.39. The summed E-state index contributed by atoms with van der Waals surface area (Å²) in [6, 6.07) is 10.3.